The lowest BCUT2D eigenvalue weighted by Crippen LogP contribution is -1.87. The molecule has 0 aromatic heterocycles. The van der Waals surface area contributed by atoms with Crippen molar-refractivity contribution in [2.75, 3.05) is 7.11 Å². The molecule has 1 aromatic carbocycles. The number of methoxy groups -OCH3 is 1. The molecule has 0 fully saturated rings. The molecule has 0 N–H and O–H groups in total. The number of ether oxygens (including phenoxy) is 1. The molecule has 0 atom stereocenters. The topological polar surface area (TPSA) is 9.23 Å². The Morgan fingerprint density at radius 2 is 2.42 bits per heavy atom. The lowest BCUT2D eigenvalue weighted by Gasteiger charge is -2.02. The second-order valence-electron chi connectivity index (χ2n) is 2.38. The summed E-state index contributed by atoms with van der Waals surface area (Å²) in [5.74, 6) is 0.666. The maximum Gasteiger partial charge on any atom is 0.128 e. The molecule has 0 spiro atoms. The highest BCUT2D eigenvalue weighted by Crippen LogP contribution is 2.20. The molecule has 0 heterocycles. The van der Waals surface area contributed by atoms with E-state index < -0.39 is 0 Å². The van der Waals surface area contributed by atoms with Crippen LogP contribution in [0.4, 0.5) is 0 Å². The summed E-state index contributed by atoms with van der Waals surface area (Å²) in [6.45, 7) is 3.64. The summed E-state index contributed by atoms with van der Waals surface area (Å²) in [6, 6.07) is 6.64. The highest BCUT2D eigenvalue weighted by molar-refractivity contribution is 6.30. The van der Waals surface area contributed by atoms with Gasteiger partial charge in [0.2, 0.25) is 0 Å². The molecule has 63 valence electrons. The molecule has 0 aliphatic carbocycles. The first-order chi connectivity index (χ1) is 5.76. The van der Waals surface area contributed by atoms with Crippen LogP contribution in [0.25, 0.3) is 0 Å². The fraction of sp³-hybridized carbons (Fsp3) is 0.200. The van der Waals surface area contributed by atoms with Gasteiger partial charge in [0.05, 0.1) is 7.11 Å². The van der Waals surface area contributed by atoms with E-state index in [0.29, 0.717) is 10.8 Å². The monoisotopic (exact) mass is 181 g/mol. The fourth-order valence-corrected chi connectivity index (χ4v) is 1.17. The smallest absolute Gasteiger partial charge is 0.128 e. The van der Waals surface area contributed by atoms with Crippen molar-refractivity contribution in [3.05, 3.63) is 41.4 Å². The molecule has 1 aromatic rings. The van der Waals surface area contributed by atoms with E-state index in [0.717, 1.165) is 12.0 Å². The van der Waals surface area contributed by atoms with Gasteiger partial charge in [0.15, 0.2) is 0 Å². The van der Waals surface area contributed by atoms with Crippen molar-refractivity contribution in [2.45, 2.75) is 6.42 Å². The van der Waals surface area contributed by atoms with E-state index in [2.05, 4.69) is 12.6 Å². The summed E-state index contributed by atoms with van der Waals surface area (Å²) in [7, 11) is 1.60. The standard InChI is InChI=1S/C10H10ClO/c1-3-4-8-5-9(11)7-10(6-8)12-2/h3,5,7H,1,4H2,2H3. The summed E-state index contributed by atoms with van der Waals surface area (Å²) in [4.78, 5) is 0. The Morgan fingerprint density at radius 3 is 3.00 bits per heavy atom. The Morgan fingerprint density at radius 1 is 1.67 bits per heavy atom. The van der Waals surface area contributed by atoms with Crippen LogP contribution in [0.5, 0.6) is 5.75 Å². The van der Waals surface area contributed by atoms with E-state index in [1.807, 2.05) is 12.1 Å². The van der Waals surface area contributed by atoms with Crippen LogP contribution >= 0.6 is 11.6 Å². The zero-order valence-corrected chi connectivity index (χ0v) is 7.69. The van der Waals surface area contributed by atoms with Crippen molar-refractivity contribution in [2.24, 2.45) is 0 Å². The van der Waals surface area contributed by atoms with Crippen LogP contribution in [0, 0.1) is 6.07 Å². The Hall–Kier alpha value is -0.950. The second kappa shape index (κ2) is 4.17. The van der Waals surface area contributed by atoms with E-state index in [4.69, 9.17) is 16.3 Å². The number of hydrogen-bond acceptors (Lipinski definition) is 1. The summed E-state index contributed by atoms with van der Waals surface area (Å²) in [6.07, 6.45) is 2.57. The van der Waals surface area contributed by atoms with Crippen LogP contribution in [0.15, 0.2) is 24.8 Å². The molecule has 0 aliphatic rings. The van der Waals surface area contributed by atoms with Gasteiger partial charge in [0, 0.05) is 11.1 Å². The minimum Gasteiger partial charge on any atom is -0.496 e. The molecule has 0 amide bonds. The van der Waals surface area contributed by atoms with Crippen molar-refractivity contribution < 1.29 is 4.74 Å². The third-order valence-corrected chi connectivity index (χ3v) is 1.67. The van der Waals surface area contributed by atoms with Gasteiger partial charge in [-0.05, 0) is 24.1 Å². The van der Waals surface area contributed by atoms with E-state index in [1.54, 1.807) is 13.2 Å². The number of benzene rings is 1. The van der Waals surface area contributed by atoms with Crippen LogP contribution in [0.1, 0.15) is 5.56 Å². The summed E-state index contributed by atoms with van der Waals surface area (Å²) >= 11 is 5.83. The molecule has 1 radical (unpaired) electrons. The molecule has 12 heavy (non-hydrogen) atoms. The Labute approximate surface area is 77.6 Å². The van der Waals surface area contributed by atoms with Crippen LogP contribution < -0.4 is 4.74 Å². The predicted octanol–water partition coefficient (Wildman–Crippen LogP) is 2.88. The van der Waals surface area contributed by atoms with Gasteiger partial charge >= 0.3 is 0 Å². The van der Waals surface area contributed by atoms with Crippen molar-refractivity contribution >= 4 is 11.6 Å². The van der Waals surface area contributed by atoms with Gasteiger partial charge < -0.3 is 4.74 Å². The first-order valence-electron chi connectivity index (χ1n) is 3.63. The maximum absolute atomic E-state index is 5.83. The molecule has 0 unspecified atom stereocenters. The number of halogens is 1. The molecule has 1 rings (SSSR count). The lowest BCUT2D eigenvalue weighted by atomic mass is 10.1. The molecule has 0 bridgehead atoms. The van der Waals surface area contributed by atoms with Crippen LogP contribution in [0.2, 0.25) is 5.02 Å². The number of rotatable bonds is 3. The average Bonchev–Trinajstić information content (AvgIpc) is 2.04. The molecule has 0 saturated heterocycles. The maximum atomic E-state index is 5.83. The van der Waals surface area contributed by atoms with Crippen LogP contribution in [-0.4, -0.2) is 7.11 Å². The molecule has 0 aliphatic heterocycles. The van der Waals surface area contributed by atoms with Crippen LogP contribution in [-0.2, 0) is 6.42 Å². The van der Waals surface area contributed by atoms with E-state index in [-0.39, 0.29) is 0 Å². The van der Waals surface area contributed by atoms with Crippen molar-refractivity contribution in [1.82, 2.24) is 0 Å². The Bertz CT molecular complexity index is 281. The first-order valence-corrected chi connectivity index (χ1v) is 4.00. The molecule has 1 nitrogen and oxygen atoms in total. The minimum atomic E-state index is 0.666. The SMILES string of the molecule is C=CCc1[c]c(OC)cc(Cl)c1. The van der Waals surface area contributed by atoms with Crippen molar-refractivity contribution in [3.63, 3.8) is 0 Å². The van der Waals surface area contributed by atoms with Crippen molar-refractivity contribution in [1.29, 1.82) is 0 Å². The zero-order chi connectivity index (χ0) is 8.97. The zero-order valence-electron chi connectivity index (χ0n) is 6.93. The van der Waals surface area contributed by atoms with Gasteiger partial charge in [0.25, 0.3) is 0 Å². The van der Waals surface area contributed by atoms with Gasteiger partial charge in [0.1, 0.15) is 5.75 Å². The lowest BCUT2D eigenvalue weighted by molar-refractivity contribution is 0.413. The molecular weight excluding hydrogens is 172 g/mol. The highest BCUT2D eigenvalue weighted by atomic mass is 35.5. The third-order valence-electron chi connectivity index (χ3n) is 1.45. The van der Waals surface area contributed by atoms with Gasteiger partial charge in [-0.2, -0.15) is 0 Å². The normalized spacial score (nSPS) is 9.50. The highest BCUT2D eigenvalue weighted by Gasteiger charge is 1.98. The minimum absolute atomic E-state index is 0.666. The number of hydrogen-bond donors (Lipinski definition) is 0. The fourth-order valence-electron chi connectivity index (χ4n) is 0.939. The number of allylic oxidation sites excluding steroid dienone is 1. The van der Waals surface area contributed by atoms with Gasteiger partial charge in [-0.15, -0.1) is 6.58 Å². The summed E-state index contributed by atoms with van der Waals surface area (Å²) in [5.41, 5.74) is 0.995. The van der Waals surface area contributed by atoms with Gasteiger partial charge in [-0.25, -0.2) is 0 Å². The first kappa shape index (κ1) is 9.14. The van der Waals surface area contributed by atoms with E-state index in [1.165, 1.54) is 0 Å². The van der Waals surface area contributed by atoms with Crippen molar-refractivity contribution in [3.8, 4) is 5.75 Å². The van der Waals surface area contributed by atoms with Gasteiger partial charge in [-0.3, -0.25) is 0 Å². The summed E-state index contributed by atoms with van der Waals surface area (Å²) in [5, 5.41) is 0.669. The van der Waals surface area contributed by atoms with Gasteiger partial charge in [-0.1, -0.05) is 17.7 Å². The molecular formula is C10H10ClO. The quantitative estimate of drug-likeness (QED) is 0.652. The van der Waals surface area contributed by atoms with E-state index >= 15 is 0 Å². The van der Waals surface area contributed by atoms with Crippen LogP contribution in [0.3, 0.4) is 0 Å². The second-order valence-corrected chi connectivity index (χ2v) is 2.82. The summed E-state index contributed by atoms with van der Waals surface area (Å²) < 4.78 is 5.01. The third kappa shape index (κ3) is 2.28. The molecule has 2 heteroatoms. The molecule has 0 saturated carbocycles. The average molecular weight is 182 g/mol. The Kier molecular flexibility index (Phi) is 3.18. The largest absolute Gasteiger partial charge is 0.496 e. The van der Waals surface area contributed by atoms with E-state index in [9.17, 15) is 0 Å². The Balaban J connectivity index is 2.97. The predicted molar refractivity (Wildman–Crippen MR) is 50.7 cm³/mol.